The summed E-state index contributed by atoms with van der Waals surface area (Å²) < 4.78 is 0. The molecule has 3 fully saturated rings. The van der Waals surface area contributed by atoms with Crippen LogP contribution in [0.2, 0.25) is 0 Å². The lowest BCUT2D eigenvalue weighted by molar-refractivity contribution is 0.133. The number of aliphatic hydroxyl groups is 1. The minimum absolute atomic E-state index is 0.329. The van der Waals surface area contributed by atoms with E-state index in [1.54, 1.807) is 11.3 Å². The van der Waals surface area contributed by atoms with E-state index in [2.05, 4.69) is 51.2 Å². The fourth-order valence-corrected chi connectivity index (χ4v) is 6.89. The summed E-state index contributed by atoms with van der Waals surface area (Å²) in [7, 11) is 0. The van der Waals surface area contributed by atoms with Crippen LogP contribution in [0.25, 0.3) is 10.6 Å². The minimum Gasteiger partial charge on any atom is -0.396 e. The number of aromatic nitrogens is 2. The van der Waals surface area contributed by atoms with Crippen molar-refractivity contribution in [3.8, 4) is 10.6 Å². The van der Waals surface area contributed by atoms with Crippen LogP contribution in [-0.2, 0) is 0 Å². The molecule has 2 aromatic rings. The van der Waals surface area contributed by atoms with Crippen molar-refractivity contribution in [2.24, 2.45) is 11.8 Å². The van der Waals surface area contributed by atoms with Crippen LogP contribution >= 0.6 is 11.3 Å². The molecule has 0 atom stereocenters. The van der Waals surface area contributed by atoms with Gasteiger partial charge in [0, 0.05) is 56.0 Å². The zero-order valence-electron chi connectivity index (χ0n) is 19.5. The van der Waals surface area contributed by atoms with Crippen molar-refractivity contribution >= 4 is 17.0 Å². The third-order valence-electron chi connectivity index (χ3n) is 8.19. The molecular weight excluding hydrogens is 416 g/mol. The van der Waals surface area contributed by atoms with Crippen molar-refractivity contribution in [3.63, 3.8) is 0 Å². The van der Waals surface area contributed by atoms with E-state index >= 15 is 0 Å². The average Bonchev–Trinajstić information content (AvgIpc) is 3.35. The molecule has 2 saturated carbocycles. The van der Waals surface area contributed by atoms with Gasteiger partial charge in [-0.05, 0) is 87.5 Å². The predicted octanol–water partition coefficient (Wildman–Crippen LogP) is 5.17. The third-order valence-corrected chi connectivity index (χ3v) is 9.33. The fraction of sp³-hybridized carbons (Fsp3) is 0.692. The number of piperazine rings is 1. The van der Waals surface area contributed by atoms with E-state index in [9.17, 15) is 5.11 Å². The van der Waals surface area contributed by atoms with Crippen LogP contribution in [0.3, 0.4) is 0 Å². The Kier molecular flexibility index (Phi) is 7.10. The van der Waals surface area contributed by atoms with Crippen LogP contribution < -0.4 is 4.90 Å². The van der Waals surface area contributed by atoms with Crippen LogP contribution in [0.5, 0.6) is 0 Å². The molecular formula is C26H38N4OS. The Balaban J connectivity index is 1.15. The number of benzene rings is 1. The number of nitrogens with zero attached hydrogens (tertiary/aromatic N) is 4. The first-order valence-corrected chi connectivity index (χ1v) is 13.5. The van der Waals surface area contributed by atoms with Crippen molar-refractivity contribution < 1.29 is 5.11 Å². The zero-order valence-corrected chi connectivity index (χ0v) is 20.3. The van der Waals surface area contributed by atoms with Gasteiger partial charge in [-0.15, -0.1) is 10.2 Å². The second-order valence-electron chi connectivity index (χ2n) is 10.3. The van der Waals surface area contributed by atoms with Gasteiger partial charge in [0.15, 0.2) is 0 Å². The van der Waals surface area contributed by atoms with E-state index in [4.69, 9.17) is 0 Å². The van der Waals surface area contributed by atoms with Gasteiger partial charge >= 0.3 is 0 Å². The number of aliphatic hydroxyl groups excluding tert-OH is 1. The molecule has 5 rings (SSSR count). The maximum atomic E-state index is 9.37. The van der Waals surface area contributed by atoms with Gasteiger partial charge in [-0.2, -0.15) is 0 Å². The van der Waals surface area contributed by atoms with E-state index in [-0.39, 0.29) is 0 Å². The van der Waals surface area contributed by atoms with Gasteiger partial charge < -0.3 is 10.0 Å². The monoisotopic (exact) mass is 454 g/mol. The largest absolute Gasteiger partial charge is 0.396 e. The van der Waals surface area contributed by atoms with Gasteiger partial charge in [-0.25, -0.2) is 0 Å². The molecule has 0 spiro atoms. The van der Waals surface area contributed by atoms with Crippen LogP contribution in [0.4, 0.5) is 5.69 Å². The molecule has 0 unspecified atom stereocenters. The summed E-state index contributed by atoms with van der Waals surface area (Å²) >= 11 is 1.75. The fourth-order valence-electron chi connectivity index (χ4n) is 5.88. The SMILES string of the molecule is CC1CCC(N2CCN(c3ccc(-c4nnc(C5CCC(CO)CC5)s4)cc3)CC2)CC1. The minimum atomic E-state index is 0.329. The molecule has 5 nitrogen and oxygen atoms in total. The van der Waals surface area contributed by atoms with Crippen LogP contribution in [0, 0.1) is 11.8 Å². The standard InChI is InChI=1S/C26H38N4OS/c1-19-2-10-23(11-3-19)29-14-16-30(17-15-29)24-12-8-22(9-13-24)26-28-27-25(32-26)21-6-4-20(18-31)5-7-21/h8-9,12-13,19-21,23,31H,2-7,10-11,14-18H2,1H3. The van der Waals surface area contributed by atoms with Crippen molar-refractivity contribution in [2.45, 2.75) is 70.3 Å². The second-order valence-corrected chi connectivity index (χ2v) is 11.3. The predicted molar refractivity (Wildman–Crippen MR) is 132 cm³/mol. The van der Waals surface area contributed by atoms with Gasteiger partial charge in [0.25, 0.3) is 0 Å². The molecule has 1 aromatic heterocycles. The van der Waals surface area contributed by atoms with E-state index in [0.29, 0.717) is 18.4 Å². The van der Waals surface area contributed by atoms with E-state index in [1.165, 1.54) is 55.0 Å². The van der Waals surface area contributed by atoms with Crippen LogP contribution in [0.15, 0.2) is 24.3 Å². The highest BCUT2D eigenvalue weighted by Gasteiger charge is 2.27. The van der Waals surface area contributed by atoms with Crippen molar-refractivity contribution in [1.29, 1.82) is 0 Å². The van der Waals surface area contributed by atoms with Gasteiger partial charge in [-0.1, -0.05) is 18.3 Å². The summed E-state index contributed by atoms with van der Waals surface area (Å²) in [5.74, 6) is 1.93. The average molecular weight is 455 g/mol. The van der Waals surface area contributed by atoms with Crippen molar-refractivity contribution in [3.05, 3.63) is 29.3 Å². The quantitative estimate of drug-likeness (QED) is 0.675. The van der Waals surface area contributed by atoms with Crippen LogP contribution in [0.1, 0.15) is 69.2 Å². The van der Waals surface area contributed by atoms with E-state index in [1.807, 2.05) is 0 Å². The van der Waals surface area contributed by atoms with Gasteiger partial charge in [0.2, 0.25) is 0 Å². The molecule has 6 heteroatoms. The highest BCUT2D eigenvalue weighted by Crippen LogP contribution is 2.38. The molecule has 1 N–H and O–H groups in total. The van der Waals surface area contributed by atoms with E-state index < -0.39 is 0 Å². The molecule has 1 aromatic carbocycles. The first kappa shape index (κ1) is 22.3. The molecule has 2 heterocycles. The van der Waals surface area contributed by atoms with Crippen molar-refractivity contribution in [1.82, 2.24) is 15.1 Å². The first-order valence-electron chi connectivity index (χ1n) is 12.7. The van der Waals surface area contributed by atoms with Crippen molar-refractivity contribution in [2.75, 3.05) is 37.7 Å². The third kappa shape index (κ3) is 5.02. The molecule has 0 bridgehead atoms. The Morgan fingerprint density at radius 1 is 0.875 bits per heavy atom. The number of hydrogen-bond acceptors (Lipinski definition) is 6. The number of rotatable bonds is 5. The summed E-state index contributed by atoms with van der Waals surface area (Å²) in [6, 6.07) is 9.79. The Hall–Kier alpha value is -1.50. The molecule has 3 aliphatic rings. The topological polar surface area (TPSA) is 52.5 Å². The highest BCUT2D eigenvalue weighted by molar-refractivity contribution is 7.14. The van der Waals surface area contributed by atoms with Gasteiger partial charge in [0.1, 0.15) is 10.0 Å². The maximum absolute atomic E-state index is 9.37. The molecule has 0 radical (unpaired) electrons. The lowest BCUT2D eigenvalue weighted by atomic mass is 9.83. The number of anilines is 1. The van der Waals surface area contributed by atoms with Gasteiger partial charge in [0.05, 0.1) is 0 Å². The molecule has 2 aliphatic carbocycles. The molecule has 0 amide bonds. The summed E-state index contributed by atoms with van der Waals surface area (Å²) in [6.45, 7) is 7.38. The van der Waals surface area contributed by atoms with Gasteiger partial charge in [-0.3, -0.25) is 4.90 Å². The Morgan fingerprint density at radius 3 is 2.22 bits per heavy atom. The summed E-state index contributed by atoms with van der Waals surface area (Å²) in [5.41, 5.74) is 2.51. The summed E-state index contributed by atoms with van der Waals surface area (Å²) in [5, 5.41) is 20.6. The lowest BCUT2D eigenvalue weighted by Gasteiger charge is -2.42. The molecule has 1 aliphatic heterocycles. The smallest absolute Gasteiger partial charge is 0.147 e. The Bertz CT molecular complexity index is 845. The summed E-state index contributed by atoms with van der Waals surface area (Å²) in [6.07, 6.45) is 10.1. The molecule has 1 saturated heterocycles. The zero-order chi connectivity index (χ0) is 21.9. The summed E-state index contributed by atoms with van der Waals surface area (Å²) in [4.78, 5) is 5.28. The molecule has 32 heavy (non-hydrogen) atoms. The number of hydrogen-bond donors (Lipinski definition) is 1. The van der Waals surface area contributed by atoms with E-state index in [0.717, 1.165) is 55.7 Å². The lowest BCUT2D eigenvalue weighted by Crippen LogP contribution is -2.51. The second kappa shape index (κ2) is 10.2. The highest BCUT2D eigenvalue weighted by atomic mass is 32.1. The maximum Gasteiger partial charge on any atom is 0.147 e. The first-order chi connectivity index (χ1) is 15.7. The van der Waals surface area contributed by atoms with Crippen LogP contribution in [-0.4, -0.2) is 59.0 Å². The Labute approximate surface area is 196 Å². The normalized spacial score (nSPS) is 29.9. The Morgan fingerprint density at radius 2 is 1.56 bits per heavy atom. The molecule has 174 valence electrons.